The normalized spacial score (nSPS) is 22.7. The number of thiophene rings is 1. The fourth-order valence-electron chi connectivity index (χ4n) is 7.50. The second-order valence-electron chi connectivity index (χ2n) is 13.5. The van der Waals surface area contributed by atoms with Crippen molar-refractivity contribution in [3.8, 4) is 34.8 Å². The van der Waals surface area contributed by atoms with E-state index in [1.54, 1.807) is 0 Å². The Balaban J connectivity index is 0.00000122. The zero-order valence-corrected chi connectivity index (χ0v) is 32.4. The lowest BCUT2D eigenvalue weighted by atomic mass is 9.80. The molecule has 3 aliphatic heterocycles. The van der Waals surface area contributed by atoms with Gasteiger partial charge in [0.05, 0.1) is 23.7 Å². The number of likely N-dealkylation sites (tertiary alicyclic amines) is 1. The van der Waals surface area contributed by atoms with E-state index in [0.29, 0.717) is 76.5 Å². The summed E-state index contributed by atoms with van der Waals surface area (Å²) in [5.74, 6) is 2.17. The first-order valence-electron chi connectivity index (χ1n) is 18.9. The lowest BCUT2D eigenvalue weighted by Gasteiger charge is -2.44. The molecule has 2 radical (unpaired) electrons. The molecule has 0 bridgehead atoms. The van der Waals surface area contributed by atoms with Gasteiger partial charge in [0.1, 0.15) is 22.3 Å². The van der Waals surface area contributed by atoms with Gasteiger partial charge in [0.15, 0.2) is 36.5 Å². The van der Waals surface area contributed by atoms with Crippen molar-refractivity contribution < 1.29 is 14.4 Å². The maximum absolute atomic E-state index is 11.5. The summed E-state index contributed by atoms with van der Waals surface area (Å²) in [6.45, 7) is 16.7. The van der Waals surface area contributed by atoms with Crippen LogP contribution < -0.4 is 15.4 Å². The molecular formula is C37H54BN9O3S. The van der Waals surface area contributed by atoms with Crippen molar-refractivity contribution in [2.24, 2.45) is 5.92 Å². The number of aliphatic hydroxyl groups is 1. The monoisotopic (exact) mass is 715 g/mol. The van der Waals surface area contributed by atoms with Gasteiger partial charge in [-0.25, -0.2) is 14.6 Å². The van der Waals surface area contributed by atoms with Gasteiger partial charge < -0.3 is 29.9 Å². The van der Waals surface area contributed by atoms with Crippen LogP contribution in [0.3, 0.4) is 0 Å². The first-order chi connectivity index (χ1) is 24.6. The molecule has 0 amide bonds. The Morgan fingerprint density at radius 3 is 2.55 bits per heavy atom. The number of unbranched alkanes of at least 4 members (excludes halogenated alkanes) is 1. The number of hydrogen-bond donors (Lipinski definition) is 2. The highest BCUT2D eigenvalue weighted by Gasteiger charge is 2.46. The molecule has 7 heterocycles. The number of nitrogens with two attached hydrogens (primary N) is 1. The van der Waals surface area contributed by atoms with E-state index in [-0.39, 0.29) is 11.9 Å². The first kappa shape index (κ1) is 38.6. The summed E-state index contributed by atoms with van der Waals surface area (Å²) >= 11 is 1.44. The molecule has 0 spiro atoms. The van der Waals surface area contributed by atoms with Gasteiger partial charge >= 0.3 is 0 Å². The quantitative estimate of drug-likeness (QED) is 0.174. The largest absolute Gasteiger partial charge is 0.451 e. The third-order valence-corrected chi connectivity index (χ3v) is 11.1. The van der Waals surface area contributed by atoms with Crippen LogP contribution >= 0.6 is 11.3 Å². The molecule has 4 atom stereocenters. The molecule has 14 heteroatoms. The average Bonchev–Trinajstić information content (AvgIpc) is 3.88. The molecule has 3 unspecified atom stereocenters. The van der Waals surface area contributed by atoms with Crippen molar-refractivity contribution in [2.45, 2.75) is 131 Å². The summed E-state index contributed by atoms with van der Waals surface area (Å²) in [5, 5.41) is 32.3. The molecule has 7 rings (SSSR count). The van der Waals surface area contributed by atoms with E-state index in [9.17, 15) is 10.4 Å². The second-order valence-corrected chi connectivity index (χ2v) is 14.6. The van der Waals surface area contributed by atoms with Crippen molar-refractivity contribution >= 4 is 41.0 Å². The zero-order chi connectivity index (χ0) is 37.0. The van der Waals surface area contributed by atoms with E-state index < -0.39 is 11.7 Å². The summed E-state index contributed by atoms with van der Waals surface area (Å²) in [4.78, 5) is 15.7. The Labute approximate surface area is 307 Å². The van der Waals surface area contributed by atoms with E-state index in [0.717, 1.165) is 67.5 Å². The summed E-state index contributed by atoms with van der Waals surface area (Å²) in [5.41, 5.74) is 7.53. The fraction of sp³-hybridized carbons (Fsp3) is 0.649. The highest BCUT2D eigenvalue weighted by atomic mass is 32.1. The van der Waals surface area contributed by atoms with Crippen LogP contribution in [0.25, 0.3) is 33.9 Å². The molecule has 274 valence electrons. The minimum Gasteiger partial charge on any atom is -0.451 e. The molecule has 4 aromatic rings. The molecular weight excluding hydrogens is 661 g/mol. The van der Waals surface area contributed by atoms with Gasteiger partial charge in [0.2, 0.25) is 5.88 Å². The Hall–Kier alpha value is -3.67. The third kappa shape index (κ3) is 7.22. The molecule has 0 aliphatic carbocycles. The molecule has 2 fully saturated rings. The van der Waals surface area contributed by atoms with Crippen molar-refractivity contribution in [1.82, 2.24) is 29.8 Å². The van der Waals surface area contributed by atoms with Crippen LogP contribution in [-0.2, 0) is 19.4 Å². The van der Waals surface area contributed by atoms with E-state index in [4.69, 9.17) is 37.9 Å². The number of likely N-dealkylation sites (N-methyl/N-ethyl adjacent to an activating group) is 1. The van der Waals surface area contributed by atoms with Crippen molar-refractivity contribution in [3.05, 3.63) is 16.0 Å². The highest BCUT2D eigenvalue weighted by Crippen LogP contribution is 2.46. The number of nitrogens with zero attached hydrogens (tertiary/aromatic N) is 8. The van der Waals surface area contributed by atoms with E-state index in [1.165, 1.54) is 11.3 Å². The number of ether oxygens (including phenoxy) is 1. The van der Waals surface area contributed by atoms with Crippen LogP contribution in [0.5, 0.6) is 5.88 Å². The number of hydrogen-bond acceptors (Lipinski definition) is 12. The highest BCUT2D eigenvalue weighted by molar-refractivity contribution is 7.16. The average molecular weight is 716 g/mol. The number of anilines is 2. The predicted octanol–water partition coefficient (Wildman–Crippen LogP) is 6.92. The van der Waals surface area contributed by atoms with Crippen LogP contribution in [0.4, 0.5) is 10.8 Å². The first-order valence-corrected chi connectivity index (χ1v) is 19.7. The van der Waals surface area contributed by atoms with Gasteiger partial charge in [-0.15, -0.1) is 16.4 Å². The minimum atomic E-state index is -1.97. The second kappa shape index (κ2) is 16.3. The van der Waals surface area contributed by atoms with Gasteiger partial charge in [-0.2, -0.15) is 5.26 Å². The topological polar surface area (TPSA) is 155 Å². The Bertz CT molecular complexity index is 1840. The van der Waals surface area contributed by atoms with Crippen LogP contribution in [0, 0.1) is 17.2 Å². The molecule has 12 nitrogen and oxygen atoms in total. The van der Waals surface area contributed by atoms with Crippen molar-refractivity contribution in [2.75, 3.05) is 30.8 Å². The molecule has 0 aromatic carbocycles. The van der Waals surface area contributed by atoms with Crippen molar-refractivity contribution in [3.63, 3.8) is 0 Å². The number of piperidine rings is 1. The van der Waals surface area contributed by atoms with E-state index >= 15 is 0 Å². The number of rotatable bonds is 9. The van der Waals surface area contributed by atoms with E-state index in [1.807, 2.05) is 32.4 Å². The van der Waals surface area contributed by atoms with E-state index in [2.05, 4.69) is 48.8 Å². The van der Waals surface area contributed by atoms with Gasteiger partial charge in [-0.1, -0.05) is 66.5 Å². The van der Waals surface area contributed by atoms with Gasteiger partial charge in [-0.3, -0.25) is 0 Å². The number of nitriles is 1. The van der Waals surface area contributed by atoms with Gasteiger partial charge in [-0.05, 0) is 64.5 Å². The Morgan fingerprint density at radius 2 is 1.88 bits per heavy atom. The molecule has 2 saturated heterocycles. The number of fused-ring (bicyclic) bond motifs is 2. The molecule has 0 saturated carbocycles. The smallest absolute Gasteiger partial charge is 0.248 e. The molecule has 3 N–H and O–H groups in total. The number of aryl methyl sites for hydroxylation is 1. The SMILES string of the molecule is CC.CC.[B]C1(O)Oc2nn(CC3CCCN3C)c3nc(-c4noc(-c5c(CCC)sc(N)c5C#N)c4CCCC)nc(c23)N2CC(C)CC[C@@H]21. The number of nitrogen functional groups attached to an aromatic ring is 1. The Kier molecular flexibility index (Phi) is 12.4. The molecule has 3 aliphatic rings. The summed E-state index contributed by atoms with van der Waals surface area (Å²) in [6, 6.07) is 2.07. The number of aromatic nitrogens is 5. The Morgan fingerprint density at radius 1 is 1.12 bits per heavy atom. The third-order valence-electron chi connectivity index (χ3n) is 10.0. The predicted molar refractivity (Wildman–Crippen MR) is 205 cm³/mol. The van der Waals surface area contributed by atoms with Crippen LogP contribution in [0.15, 0.2) is 4.52 Å². The summed E-state index contributed by atoms with van der Waals surface area (Å²) < 4.78 is 14.2. The lowest BCUT2D eigenvalue weighted by molar-refractivity contribution is -0.0884. The zero-order valence-electron chi connectivity index (χ0n) is 31.6. The van der Waals surface area contributed by atoms with Gasteiger partial charge in [0.25, 0.3) is 0 Å². The summed E-state index contributed by atoms with van der Waals surface area (Å²) in [7, 11) is 8.64. The standard InChI is InChI=1S/C33H42BN9O3S.2C2H6/c1-5-7-11-20-26(40-46-27(20)24-21(15-35)28(36)47-22(24)9-6-2)29-37-30-25-31(38-29)43(17-19-10-8-14-41(19)4)39-32(25)45-33(34,44)23-13-12-18(3)16-42(23)30;2*1-2/h18-19,23,44H,5-14,16-17,36H2,1-4H3;2*1-2H3/t18?,19?,23-,33?;;/m1../s1. The van der Waals surface area contributed by atoms with Crippen LogP contribution in [0.1, 0.15) is 109 Å². The van der Waals surface area contributed by atoms with Crippen molar-refractivity contribution in [1.29, 1.82) is 5.26 Å². The lowest BCUT2D eigenvalue weighted by Crippen LogP contribution is -2.59. The summed E-state index contributed by atoms with van der Waals surface area (Å²) in [6.07, 6.45) is 7.88. The van der Waals surface area contributed by atoms with Gasteiger partial charge in [0, 0.05) is 23.0 Å². The molecule has 4 aromatic heterocycles. The maximum atomic E-state index is 11.5. The van der Waals surface area contributed by atoms with Crippen LogP contribution in [-0.4, -0.2) is 80.7 Å². The van der Waals surface area contributed by atoms with Crippen LogP contribution in [0.2, 0.25) is 0 Å². The molecule has 51 heavy (non-hydrogen) atoms. The fourth-order valence-corrected chi connectivity index (χ4v) is 8.62. The maximum Gasteiger partial charge on any atom is 0.248 e. The minimum absolute atomic E-state index is 0.234.